The lowest BCUT2D eigenvalue weighted by Crippen LogP contribution is -2.45. The van der Waals surface area contributed by atoms with Crippen LogP contribution in [0.5, 0.6) is 5.75 Å². The molecule has 116 valence electrons. The van der Waals surface area contributed by atoms with Crippen LogP contribution in [0, 0.1) is 0 Å². The van der Waals surface area contributed by atoms with Gasteiger partial charge in [0.25, 0.3) is 5.91 Å². The number of hydrogen-bond donors (Lipinski definition) is 1. The number of benzene rings is 1. The summed E-state index contributed by atoms with van der Waals surface area (Å²) in [5.41, 5.74) is 1.78. The van der Waals surface area contributed by atoms with Crippen LogP contribution in [-0.2, 0) is 13.5 Å². The van der Waals surface area contributed by atoms with Crippen LogP contribution >= 0.6 is 0 Å². The molecule has 0 saturated carbocycles. The predicted molar refractivity (Wildman–Crippen MR) is 83.7 cm³/mol. The lowest BCUT2D eigenvalue weighted by Gasteiger charge is -2.36. The molecular weight excluding hydrogens is 278 g/mol. The van der Waals surface area contributed by atoms with E-state index in [4.69, 9.17) is 0 Å². The Balaban J connectivity index is 1.77. The summed E-state index contributed by atoms with van der Waals surface area (Å²) in [6.45, 7) is 0.798. The first kappa shape index (κ1) is 14.6. The number of amides is 1. The van der Waals surface area contributed by atoms with E-state index in [9.17, 15) is 9.90 Å². The van der Waals surface area contributed by atoms with Crippen molar-refractivity contribution in [3.05, 3.63) is 47.8 Å². The average molecular weight is 299 g/mol. The zero-order valence-corrected chi connectivity index (χ0v) is 12.8. The molecule has 1 unspecified atom stereocenters. The molecule has 1 aromatic heterocycles. The van der Waals surface area contributed by atoms with Gasteiger partial charge in [-0.05, 0) is 49.4 Å². The lowest BCUT2D eigenvalue weighted by molar-refractivity contribution is 0.0602. The normalized spacial score (nSPS) is 18.4. The van der Waals surface area contributed by atoms with Gasteiger partial charge in [0.1, 0.15) is 11.4 Å². The molecule has 0 radical (unpaired) electrons. The van der Waals surface area contributed by atoms with E-state index in [2.05, 4.69) is 5.10 Å². The van der Waals surface area contributed by atoms with Crippen molar-refractivity contribution in [1.29, 1.82) is 0 Å². The first-order chi connectivity index (χ1) is 10.6. The Bertz CT molecular complexity index is 648. The highest BCUT2D eigenvalue weighted by Crippen LogP contribution is 2.23. The molecule has 0 spiro atoms. The van der Waals surface area contributed by atoms with E-state index in [0.29, 0.717) is 5.69 Å². The summed E-state index contributed by atoms with van der Waals surface area (Å²) < 4.78 is 1.63. The molecule has 1 atom stereocenters. The summed E-state index contributed by atoms with van der Waals surface area (Å²) in [4.78, 5) is 14.7. The smallest absolute Gasteiger partial charge is 0.272 e. The number of carbonyl (C=O) groups is 1. The number of likely N-dealkylation sites (tertiary alicyclic amines) is 1. The highest BCUT2D eigenvalue weighted by molar-refractivity contribution is 5.92. The van der Waals surface area contributed by atoms with Gasteiger partial charge in [-0.25, -0.2) is 0 Å². The quantitative estimate of drug-likeness (QED) is 0.946. The molecule has 1 amide bonds. The zero-order chi connectivity index (χ0) is 15.5. The summed E-state index contributed by atoms with van der Waals surface area (Å²) >= 11 is 0. The lowest BCUT2D eigenvalue weighted by atomic mass is 9.95. The second kappa shape index (κ2) is 6.22. The van der Waals surface area contributed by atoms with Gasteiger partial charge in [0, 0.05) is 25.8 Å². The third kappa shape index (κ3) is 2.98. The number of phenols is 1. The van der Waals surface area contributed by atoms with Crippen molar-refractivity contribution in [3.63, 3.8) is 0 Å². The predicted octanol–water partition coefficient (Wildman–Crippen LogP) is 2.36. The third-order valence-electron chi connectivity index (χ3n) is 4.34. The molecule has 5 nitrogen and oxygen atoms in total. The average Bonchev–Trinajstić information content (AvgIpc) is 2.96. The Morgan fingerprint density at radius 2 is 2.05 bits per heavy atom. The van der Waals surface area contributed by atoms with Gasteiger partial charge in [-0.15, -0.1) is 0 Å². The molecule has 1 N–H and O–H groups in total. The molecule has 1 aliphatic rings. The molecule has 1 aromatic carbocycles. The monoisotopic (exact) mass is 299 g/mol. The molecule has 2 heterocycles. The topological polar surface area (TPSA) is 58.4 Å². The van der Waals surface area contributed by atoms with Gasteiger partial charge in [-0.3, -0.25) is 9.48 Å². The number of nitrogens with zero attached hydrogens (tertiary/aromatic N) is 3. The largest absolute Gasteiger partial charge is 0.508 e. The van der Waals surface area contributed by atoms with E-state index < -0.39 is 0 Å². The van der Waals surface area contributed by atoms with Crippen molar-refractivity contribution >= 4 is 5.91 Å². The molecule has 1 aliphatic heterocycles. The van der Waals surface area contributed by atoms with Crippen LogP contribution in [0.1, 0.15) is 35.3 Å². The Morgan fingerprint density at radius 1 is 1.27 bits per heavy atom. The van der Waals surface area contributed by atoms with Gasteiger partial charge in [-0.2, -0.15) is 5.10 Å². The second-order valence-corrected chi connectivity index (χ2v) is 5.86. The summed E-state index contributed by atoms with van der Waals surface area (Å²) in [5.74, 6) is 0.332. The van der Waals surface area contributed by atoms with Crippen LogP contribution in [0.25, 0.3) is 0 Å². The third-order valence-corrected chi connectivity index (χ3v) is 4.34. The standard InChI is InChI=1S/C17H21N3O2/c1-19-16(9-10-18-19)17(22)20-11-3-2-4-14(20)12-13-5-7-15(21)8-6-13/h5-10,14,21H,2-4,11-12H2,1H3. The summed E-state index contributed by atoms with van der Waals surface area (Å²) in [7, 11) is 1.80. The van der Waals surface area contributed by atoms with Crippen molar-refractivity contribution in [2.45, 2.75) is 31.7 Å². The number of phenolic OH excluding ortho intramolecular Hbond substituents is 1. The van der Waals surface area contributed by atoms with E-state index >= 15 is 0 Å². The Labute approximate surface area is 130 Å². The number of carbonyl (C=O) groups excluding carboxylic acids is 1. The van der Waals surface area contributed by atoms with Crippen LogP contribution in [-0.4, -0.2) is 38.3 Å². The molecule has 2 aromatic rings. The molecule has 0 aliphatic carbocycles. The maximum Gasteiger partial charge on any atom is 0.272 e. The van der Waals surface area contributed by atoms with Crippen molar-refractivity contribution in [1.82, 2.24) is 14.7 Å². The van der Waals surface area contributed by atoms with Gasteiger partial charge in [-0.1, -0.05) is 12.1 Å². The van der Waals surface area contributed by atoms with Crippen LogP contribution < -0.4 is 0 Å². The van der Waals surface area contributed by atoms with Crippen LogP contribution in [0.3, 0.4) is 0 Å². The SMILES string of the molecule is Cn1nccc1C(=O)N1CCCCC1Cc1ccc(O)cc1. The molecule has 1 saturated heterocycles. The first-order valence-electron chi connectivity index (χ1n) is 7.72. The van der Waals surface area contributed by atoms with E-state index in [1.807, 2.05) is 17.0 Å². The number of aromatic hydroxyl groups is 1. The Hall–Kier alpha value is -2.30. The van der Waals surface area contributed by atoms with E-state index in [-0.39, 0.29) is 17.7 Å². The van der Waals surface area contributed by atoms with Crippen molar-refractivity contribution < 1.29 is 9.90 Å². The zero-order valence-electron chi connectivity index (χ0n) is 12.8. The van der Waals surface area contributed by atoms with Crippen LogP contribution in [0.4, 0.5) is 0 Å². The number of hydrogen-bond acceptors (Lipinski definition) is 3. The van der Waals surface area contributed by atoms with Crippen molar-refractivity contribution in [3.8, 4) is 5.75 Å². The fraction of sp³-hybridized carbons (Fsp3) is 0.412. The van der Waals surface area contributed by atoms with Gasteiger partial charge in [0.05, 0.1) is 0 Å². The Morgan fingerprint density at radius 3 is 2.73 bits per heavy atom. The van der Waals surface area contributed by atoms with E-state index in [0.717, 1.165) is 37.8 Å². The highest BCUT2D eigenvalue weighted by atomic mass is 16.3. The maximum absolute atomic E-state index is 12.8. The summed E-state index contributed by atoms with van der Waals surface area (Å²) in [6, 6.07) is 9.24. The van der Waals surface area contributed by atoms with Gasteiger partial charge < -0.3 is 10.0 Å². The van der Waals surface area contributed by atoms with Crippen molar-refractivity contribution in [2.75, 3.05) is 6.54 Å². The number of rotatable bonds is 3. The maximum atomic E-state index is 12.8. The highest BCUT2D eigenvalue weighted by Gasteiger charge is 2.28. The molecule has 22 heavy (non-hydrogen) atoms. The van der Waals surface area contributed by atoms with Gasteiger partial charge in [0.2, 0.25) is 0 Å². The minimum atomic E-state index is 0.0588. The first-order valence-corrected chi connectivity index (χ1v) is 7.72. The Kier molecular flexibility index (Phi) is 4.13. The number of aromatic nitrogens is 2. The fourth-order valence-electron chi connectivity index (χ4n) is 3.12. The summed E-state index contributed by atoms with van der Waals surface area (Å²) in [5, 5.41) is 13.5. The molecule has 3 rings (SSSR count). The minimum absolute atomic E-state index is 0.0588. The van der Waals surface area contributed by atoms with E-state index in [1.54, 1.807) is 36.1 Å². The number of aryl methyl sites for hydroxylation is 1. The van der Waals surface area contributed by atoms with E-state index in [1.165, 1.54) is 0 Å². The molecule has 5 heteroatoms. The molecule has 0 bridgehead atoms. The number of piperidine rings is 1. The summed E-state index contributed by atoms with van der Waals surface area (Å²) in [6.07, 6.45) is 5.70. The minimum Gasteiger partial charge on any atom is -0.508 e. The molecular formula is C17H21N3O2. The molecule has 1 fully saturated rings. The van der Waals surface area contributed by atoms with Crippen LogP contribution in [0.15, 0.2) is 36.5 Å². The van der Waals surface area contributed by atoms with Crippen molar-refractivity contribution in [2.24, 2.45) is 7.05 Å². The second-order valence-electron chi connectivity index (χ2n) is 5.86. The fourth-order valence-corrected chi connectivity index (χ4v) is 3.12. The van der Waals surface area contributed by atoms with Gasteiger partial charge in [0.15, 0.2) is 0 Å². The van der Waals surface area contributed by atoms with Crippen LogP contribution in [0.2, 0.25) is 0 Å². The van der Waals surface area contributed by atoms with Gasteiger partial charge >= 0.3 is 0 Å².